The number of nitrogens with zero attached hydrogens (tertiary/aromatic N) is 3. The highest BCUT2D eigenvalue weighted by Gasteiger charge is 2.37. The van der Waals surface area contributed by atoms with Crippen molar-refractivity contribution in [3.8, 4) is 0 Å². The molecule has 1 N–H and O–H groups in total. The van der Waals surface area contributed by atoms with Gasteiger partial charge in [-0.1, -0.05) is 36.4 Å². The highest BCUT2D eigenvalue weighted by molar-refractivity contribution is 5.92. The lowest BCUT2D eigenvalue weighted by Crippen LogP contribution is -2.48. The van der Waals surface area contributed by atoms with Gasteiger partial charge in [-0.25, -0.2) is 0 Å². The van der Waals surface area contributed by atoms with Gasteiger partial charge in [0.25, 0.3) is 5.91 Å². The number of nitrogens with one attached hydrogen (secondary N) is 1. The van der Waals surface area contributed by atoms with Crippen LogP contribution in [0.1, 0.15) is 28.9 Å². The first-order valence-corrected chi connectivity index (χ1v) is 9.94. The van der Waals surface area contributed by atoms with Crippen LogP contribution >= 0.6 is 0 Å². The molecule has 0 aliphatic carbocycles. The summed E-state index contributed by atoms with van der Waals surface area (Å²) < 4.78 is 0. The van der Waals surface area contributed by atoms with Crippen molar-refractivity contribution in [3.05, 3.63) is 66.0 Å². The maximum Gasteiger partial charge on any atom is 0.272 e. The van der Waals surface area contributed by atoms with Crippen molar-refractivity contribution in [2.24, 2.45) is 5.92 Å². The smallest absolute Gasteiger partial charge is 0.272 e. The molecule has 3 fully saturated rings. The van der Waals surface area contributed by atoms with Crippen LogP contribution in [-0.2, 0) is 11.3 Å². The molecule has 6 heteroatoms. The first-order valence-electron chi connectivity index (χ1n) is 9.94. The van der Waals surface area contributed by atoms with Crippen LogP contribution in [0.2, 0.25) is 0 Å². The summed E-state index contributed by atoms with van der Waals surface area (Å²) in [5.74, 6) is 0.445. The zero-order valence-electron chi connectivity index (χ0n) is 16.0. The summed E-state index contributed by atoms with van der Waals surface area (Å²) in [5, 5.41) is 3.01. The first-order chi connectivity index (χ1) is 13.7. The summed E-state index contributed by atoms with van der Waals surface area (Å²) in [6.07, 6.45) is 3.80. The Hall–Kier alpha value is -2.73. The number of rotatable bonds is 5. The lowest BCUT2D eigenvalue weighted by atomic mass is 9.95. The molecule has 4 heterocycles. The molecule has 3 saturated heterocycles. The zero-order chi connectivity index (χ0) is 19.3. The standard InChI is InChI=1S/C22H26N4O2/c27-21(24-12-17-6-2-1-3-7-17)16-25-13-18-9-10-19(25)15-26(14-18)22(28)20-8-4-5-11-23-20/h1-8,11,18-19H,9-10,12-16H2,(H,24,27)/t18-,19-/m1/s1. The van der Waals surface area contributed by atoms with E-state index in [9.17, 15) is 9.59 Å². The predicted molar refractivity (Wildman–Crippen MR) is 107 cm³/mol. The van der Waals surface area contributed by atoms with E-state index >= 15 is 0 Å². The normalized spacial score (nSPS) is 21.9. The molecule has 3 aliphatic rings. The predicted octanol–water partition coefficient (Wildman–Crippen LogP) is 1.93. The van der Waals surface area contributed by atoms with E-state index in [1.807, 2.05) is 47.4 Å². The monoisotopic (exact) mass is 378 g/mol. The van der Waals surface area contributed by atoms with Gasteiger partial charge in [0, 0.05) is 38.4 Å². The Balaban J connectivity index is 1.35. The minimum absolute atomic E-state index is 0.00659. The van der Waals surface area contributed by atoms with E-state index in [0.717, 1.165) is 31.5 Å². The van der Waals surface area contributed by atoms with Gasteiger partial charge >= 0.3 is 0 Å². The fourth-order valence-electron chi connectivity index (χ4n) is 4.23. The third-order valence-electron chi connectivity index (χ3n) is 5.68. The van der Waals surface area contributed by atoms with Crippen LogP contribution in [0.4, 0.5) is 0 Å². The van der Waals surface area contributed by atoms with Crippen molar-refractivity contribution >= 4 is 11.8 Å². The molecule has 2 aromatic rings. The maximum atomic E-state index is 12.8. The molecule has 5 rings (SSSR count). The second kappa shape index (κ2) is 8.52. The molecule has 2 amide bonds. The largest absolute Gasteiger partial charge is 0.351 e. The van der Waals surface area contributed by atoms with Crippen LogP contribution < -0.4 is 5.32 Å². The molecule has 0 radical (unpaired) electrons. The second-order valence-electron chi connectivity index (χ2n) is 7.71. The van der Waals surface area contributed by atoms with Crippen LogP contribution in [-0.4, -0.2) is 58.8 Å². The molecule has 6 nitrogen and oxygen atoms in total. The third-order valence-corrected chi connectivity index (χ3v) is 5.68. The van der Waals surface area contributed by atoms with E-state index in [4.69, 9.17) is 0 Å². The maximum absolute atomic E-state index is 12.8. The van der Waals surface area contributed by atoms with Gasteiger partial charge in [-0.2, -0.15) is 0 Å². The van der Waals surface area contributed by atoms with Crippen LogP contribution in [0.15, 0.2) is 54.7 Å². The van der Waals surface area contributed by atoms with E-state index in [1.54, 1.807) is 12.3 Å². The van der Waals surface area contributed by atoms with E-state index in [2.05, 4.69) is 15.2 Å². The number of aromatic nitrogens is 1. The third kappa shape index (κ3) is 4.39. The van der Waals surface area contributed by atoms with Gasteiger partial charge < -0.3 is 10.2 Å². The summed E-state index contributed by atoms with van der Waals surface area (Å²) in [4.78, 5) is 33.7. The lowest BCUT2D eigenvalue weighted by molar-refractivity contribution is -0.123. The van der Waals surface area contributed by atoms with Crippen LogP contribution in [0.3, 0.4) is 0 Å². The average Bonchev–Trinajstić information content (AvgIpc) is 3.05. The number of carbonyl (C=O) groups excluding carboxylic acids is 2. The lowest BCUT2D eigenvalue weighted by Gasteiger charge is -2.35. The molecule has 146 valence electrons. The van der Waals surface area contributed by atoms with Crippen LogP contribution in [0.5, 0.6) is 0 Å². The summed E-state index contributed by atoms with van der Waals surface area (Å²) in [5.41, 5.74) is 1.59. The van der Waals surface area contributed by atoms with E-state index in [-0.39, 0.29) is 17.9 Å². The molecular weight excluding hydrogens is 352 g/mol. The van der Waals surface area contributed by atoms with Crippen molar-refractivity contribution in [2.75, 3.05) is 26.2 Å². The number of amides is 2. The molecular formula is C22H26N4O2. The van der Waals surface area contributed by atoms with Crippen LogP contribution in [0, 0.1) is 5.92 Å². The Morgan fingerprint density at radius 2 is 1.82 bits per heavy atom. The molecule has 2 atom stereocenters. The van der Waals surface area contributed by atoms with Gasteiger partial charge in [-0.05, 0) is 36.5 Å². The van der Waals surface area contributed by atoms with E-state index in [1.165, 1.54) is 0 Å². The van der Waals surface area contributed by atoms with Crippen molar-refractivity contribution in [2.45, 2.75) is 25.4 Å². The van der Waals surface area contributed by atoms with E-state index < -0.39 is 0 Å². The molecule has 0 spiro atoms. The quantitative estimate of drug-likeness (QED) is 0.864. The summed E-state index contributed by atoms with van der Waals surface area (Å²) in [6, 6.07) is 15.6. The topological polar surface area (TPSA) is 65.5 Å². The van der Waals surface area contributed by atoms with Gasteiger partial charge in [-0.3, -0.25) is 19.5 Å². The van der Waals surface area contributed by atoms with Crippen molar-refractivity contribution in [3.63, 3.8) is 0 Å². The number of fused-ring (bicyclic) bond motifs is 4. The number of carbonyl (C=O) groups is 2. The SMILES string of the molecule is O=C(CN1C[C@H]2CC[C@@H]1CN(C(=O)c1ccccn1)C2)NCc1ccccc1. The molecule has 0 unspecified atom stereocenters. The first kappa shape index (κ1) is 18.6. The summed E-state index contributed by atoms with van der Waals surface area (Å²) in [6.45, 7) is 3.22. The fraction of sp³-hybridized carbons (Fsp3) is 0.409. The molecule has 28 heavy (non-hydrogen) atoms. The highest BCUT2D eigenvalue weighted by Crippen LogP contribution is 2.28. The Labute approximate surface area is 165 Å². The van der Waals surface area contributed by atoms with Gasteiger partial charge in [0.15, 0.2) is 0 Å². The Morgan fingerprint density at radius 3 is 2.61 bits per heavy atom. The Kier molecular flexibility index (Phi) is 5.67. The van der Waals surface area contributed by atoms with Crippen LogP contribution in [0.25, 0.3) is 0 Å². The number of piperidine rings is 1. The second-order valence-corrected chi connectivity index (χ2v) is 7.71. The zero-order valence-corrected chi connectivity index (χ0v) is 16.0. The van der Waals surface area contributed by atoms with Gasteiger partial charge in [0.05, 0.1) is 6.54 Å². The van der Waals surface area contributed by atoms with Gasteiger partial charge in [0.2, 0.25) is 5.91 Å². The summed E-state index contributed by atoms with van der Waals surface area (Å²) in [7, 11) is 0. The van der Waals surface area contributed by atoms with Crippen molar-refractivity contribution in [1.82, 2.24) is 20.1 Å². The molecule has 3 aliphatic heterocycles. The molecule has 0 saturated carbocycles. The number of pyridine rings is 1. The highest BCUT2D eigenvalue weighted by atomic mass is 16.2. The van der Waals surface area contributed by atoms with Gasteiger partial charge in [0.1, 0.15) is 5.69 Å². The minimum atomic E-state index is -0.00659. The van der Waals surface area contributed by atoms with Gasteiger partial charge in [-0.15, -0.1) is 0 Å². The molecule has 1 aromatic carbocycles. The number of hydrogen-bond donors (Lipinski definition) is 1. The van der Waals surface area contributed by atoms with Crippen molar-refractivity contribution < 1.29 is 9.59 Å². The fourth-order valence-corrected chi connectivity index (χ4v) is 4.23. The molecule has 2 bridgehead atoms. The number of benzene rings is 1. The summed E-state index contributed by atoms with van der Waals surface area (Å²) >= 11 is 0. The minimum Gasteiger partial charge on any atom is -0.351 e. The Morgan fingerprint density at radius 1 is 1.00 bits per heavy atom. The average molecular weight is 378 g/mol. The van der Waals surface area contributed by atoms with E-state index in [0.29, 0.717) is 31.2 Å². The number of hydrogen-bond acceptors (Lipinski definition) is 4. The molecule has 1 aromatic heterocycles. The van der Waals surface area contributed by atoms with Crippen molar-refractivity contribution in [1.29, 1.82) is 0 Å². The Bertz CT molecular complexity index is 812.